The van der Waals surface area contributed by atoms with Crippen molar-refractivity contribution in [2.75, 3.05) is 13.2 Å². The van der Waals surface area contributed by atoms with Crippen molar-refractivity contribution in [3.63, 3.8) is 0 Å². The number of carbonyl (C=O) groups excluding carboxylic acids is 1. The number of ether oxygens (including phenoxy) is 1. The molecule has 36 heavy (non-hydrogen) atoms. The third-order valence-corrected chi connectivity index (χ3v) is 6.45. The molecule has 1 N–H and O–H groups in total. The van der Waals surface area contributed by atoms with Gasteiger partial charge in [-0.25, -0.2) is 4.98 Å². The van der Waals surface area contributed by atoms with E-state index < -0.39 is 0 Å². The number of aryl methyl sites for hydroxylation is 2. The number of hydrogen-bond acceptors (Lipinski definition) is 3. The van der Waals surface area contributed by atoms with Gasteiger partial charge in [0.2, 0.25) is 5.91 Å². The fourth-order valence-corrected chi connectivity index (χ4v) is 4.43. The Labute approximate surface area is 218 Å². The number of nitrogens with one attached hydrogen (secondary N) is 1. The van der Waals surface area contributed by atoms with Crippen LogP contribution in [-0.4, -0.2) is 28.6 Å². The molecule has 0 saturated carbocycles. The summed E-state index contributed by atoms with van der Waals surface area (Å²) >= 11 is 5.90. The van der Waals surface area contributed by atoms with Crippen molar-refractivity contribution >= 4 is 28.5 Å². The largest absolute Gasteiger partial charge is 0.494 e. The summed E-state index contributed by atoms with van der Waals surface area (Å²) in [6.07, 6.45) is 6.42. The van der Waals surface area contributed by atoms with E-state index in [-0.39, 0.29) is 5.91 Å². The Kier molecular flexibility index (Phi) is 9.80. The summed E-state index contributed by atoms with van der Waals surface area (Å²) in [6, 6.07) is 25.8. The molecule has 0 saturated heterocycles. The summed E-state index contributed by atoms with van der Waals surface area (Å²) in [4.78, 5) is 17.1. The monoisotopic (exact) mass is 503 g/mol. The van der Waals surface area contributed by atoms with Gasteiger partial charge in [-0.15, -0.1) is 0 Å². The van der Waals surface area contributed by atoms with Gasteiger partial charge >= 0.3 is 0 Å². The molecular formula is C30H34ClN3O2. The second kappa shape index (κ2) is 13.7. The lowest BCUT2D eigenvalue weighted by atomic mass is 10.1. The number of aromatic nitrogens is 2. The molecule has 3 aromatic carbocycles. The van der Waals surface area contributed by atoms with Gasteiger partial charge in [0.05, 0.1) is 24.1 Å². The summed E-state index contributed by atoms with van der Waals surface area (Å²) in [5.74, 6) is 2.12. The van der Waals surface area contributed by atoms with E-state index in [2.05, 4.69) is 28.1 Å². The number of para-hydroxylation sites is 3. The first-order valence-electron chi connectivity index (χ1n) is 12.8. The van der Waals surface area contributed by atoms with Crippen LogP contribution in [-0.2, 0) is 24.2 Å². The SMILES string of the molecule is O=C(Cc1ccc(Cl)cc1)NCCCCCc1nc2ccccc2n1CCCCOc1ccccc1. The van der Waals surface area contributed by atoms with Crippen LogP contribution in [0.2, 0.25) is 5.02 Å². The van der Waals surface area contributed by atoms with Crippen LogP contribution in [0.4, 0.5) is 0 Å². The molecule has 5 nitrogen and oxygen atoms in total. The number of nitrogens with zero attached hydrogens (tertiary/aromatic N) is 2. The molecule has 0 spiro atoms. The molecule has 0 bridgehead atoms. The molecule has 0 unspecified atom stereocenters. The predicted molar refractivity (Wildman–Crippen MR) is 147 cm³/mol. The van der Waals surface area contributed by atoms with Crippen molar-refractivity contribution in [3.8, 4) is 5.75 Å². The van der Waals surface area contributed by atoms with Gasteiger partial charge in [-0.1, -0.05) is 60.5 Å². The van der Waals surface area contributed by atoms with Crippen LogP contribution >= 0.6 is 11.6 Å². The Hall–Kier alpha value is -3.31. The van der Waals surface area contributed by atoms with E-state index in [0.29, 0.717) is 18.0 Å². The van der Waals surface area contributed by atoms with Crippen LogP contribution in [0.15, 0.2) is 78.9 Å². The van der Waals surface area contributed by atoms with E-state index in [9.17, 15) is 4.79 Å². The maximum atomic E-state index is 12.2. The van der Waals surface area contributed by atoms with Gasteiger partial charge in [0, 0.05) is 24.5 Å². The van der Waals surface area contributed by atoms with Crippen LogP contribution in [0, 0.1) is 0 Å². The zero-order chi connectivity index (χ0) is 25.0. The topological polar surface area (TPSA) is 56.2 Å². The van der Waals surface area contributed by atoms with E-state index in [1.807, 2.05) is 60.7 Å². The molecule has 0 aliphatic heterocycles. The van der Waals surface area contributed by atoms with E-state index in [0.717, 1.165) is 74.3 Å². The van der Waals surface area contributed by atoms with E-state index in [1.54, 1.807) is 0 Å². The summed E-state index contributed by atoms with van der Waals surface area (Å²) in [6.45, 7) is 2.36. The number of hydrogen-bond donors (Lipinski definition) is 1. The number of unbranched alkanes of at least 4 members (excludes halogenated alkanes) is 3. The lowest BCUT2D eigenvalue weighted by Gasteiger charge is -2.10. The highest BCUT2D eigenvalue weighted by atomic mass is 35.5. The number of fused-ring (bicyclic) bond motifs is 1. The Morgan fingerprint density at radius 1 is 0.861 bits per heavy atom. The zero-order valence-corrected chi connectivity index (χ0v) is 21.4. The molecule has 1 amide bonds. The molecule has 0 aliphatic rings. The normalized spacial score (nSPS) is 11.0. The van der Waals surface area contributed by atoms with Crippen molar-refractivity contribution < 1.29 is 9.53 Å². The first-order valence-corrected chi connectivity index (χ1v) is 13.2. The maximum absolute atomic E-state index is 12.2. The third kappa shape index (κ3) is 7.85. The number of carbonyl (C=O) groups is 1. The minimum atomic E-state index is 0.0513. The predicted octanol–water partition coefficient (Wildman–Crippen LogP) is 6.62. The van der Waals surface area contributed by atoms with E-state index in [4.69, 9.17) is 21.3 Å². The molecular weight excluding hydrogens is 470 g/mol. The molecule has 188 valence electrons. The molecule has 1 aromatic heterocycles. The van der Waals surface area contributed by atoms with Crippen molar-refractivity contribution in [1.82, 2.24) is 14.9 Å². The first-order chi connectivity index (χ1) is 17.7. The Balaban J connectivity index is 1.18. The molecule has 1 heterocycles. The number of imidazole rings is 1. The minimum absolute atomic E-state index is 0.0513. The average molecular weight is 504 g/mol. The summed E-state index contributed by atoms with van der Waals surface area (Å²) in [5, 5.41) is 3.71. The van der Waals surface area contributed by atoms with Gasteiger partial charge in [0.15, 0.2) is 0 Å². The van der Waals surface area contributed by atoms with Crippen molar-refractivity contribution in [2.45, 2.75) is 51.5 Å². The average Bonchev–Trinajstić information content (AvgIpc) is 3.25. The smallest absolute Gasteiger partial charge is 0.224 e. The highest BCUT2D eigenvalue weighted by molar-refractivity contribution is 6.30. The standard InChI is InChI=1S/C30H34ClN3O2/c31-25-18-16-24(17-19-25)23-30(35)32-20-8-2-5-15-29-33-27-13-6-7-14-28(27)34(29)21-9-10-22-36-26-11-3-1-4-12-26/h1,3-4,6-7,11-14,16-19H,2,5,8-10,15,20-23H2,(H,32,35). The molecule has 0 fully saturated rings. The zero-order valence-electron chi connectivity index (χ0n) is 20.7. The molecule has 0 radical (unpaired) electrons. The van der Waals surface area contributed by atoms with Gasteiger partial charge in [-0.05, 0) is 67.6 Å². The summed E-state index contributed by atoms with van der Waals surface area (Å²) < 4.78 is 8.21. The van der Waals surface area contributed by atoms with Crippen LogP contribution in [0.3, 0.4) is 0 Å². The quantitative estimate of drug-likeness (QED) is 0.197. The second-order valence-electron chi connectivity index (χ2n) is 9.00. The number of halogens is 1. The van der Waals surface area contributed by atoms with Gasteiger partial charge < -0.3 is 14.6 Å². The second-order valence-corrected chi connectivity index (χ2v) is 9.44. The van der Waals surface area contributed by atoms with Gasteiger partial charge in [-0.3, -0.25) is 4.79 Å². The lowest BCUT2D eigenvalue weighted by molar-refractivity contribution is -0.120. The first kappa shape index (κ1) is 25.8. The fourth-order valence-electron chi connectivity index (χ4n) is 4.31. The van der Waals surface area contributed by atoms with Gasteiger partial charge in [0.1, 0.15) is 11.6 Å². The van der Waals surface area contributed by atoms with Crippen molar-refractivity contribution in [1.29, 1.82) is 0 Å². The molecule has 4 rings (SSSR count). The van der Waals surface area contributed by atoms with Crippen molar-refractivity contribution in [2.24, 2.45) is 0 Å². The highest BCUT2D eigenvalue weighted by Crippen LogP contribution is 2.19. The fraction of sp³-hybridized carbons (Fsp3) is 0.333. The number of benzene rings is 3. The lowest BCUT2D eigenvalue weighted by Crippen LogP contribution is -2.26. The number of amides is 1. The molecule has 0 aliphatic carbocycles. The number of rotatable bonds is 14. The molecule has 6 heteroatoms. The molecule has 0 atom stereocenters. The van der Waals surface area contributed by atoms with Crippen LogP contribution in [0.5, 0.6) is 5.75 Å². The van der Waals surface area contributed by atoms with Crippen LogP contribution in [0.1, 0.15) is 43.5 Å². The Bertz CT molecular complexity index is 1220. The van der Waals surface area contributed by atoms with E-state index >= 15 is 0 Å². The van der Waals surface area contributed by atoms with Crippen LogP contribution in [0.25, 0.3) is 11.0 Å². The Morgan fingerprint density at radius 2 is 1.64 bits per heavy atom. The highest BCUT2D eigenvalue weighted by Gasteiger charge is 2.10. The van der Waals surface area contributed by atoms with E-state index in [1.165, 1.54) is 5.52 Å². The summed E-state index contributed by atoms with van der Waals surface area (Å²) in [5.41, 5.74) is 3.23. The molecule has 4 aromatic rings. The summed E-state index contributed by atoms with van der Waals surface area (Å²) in [7, 11) is 0. The maximum Gasteiger partial charge on any atom is 0.224 e. The Morgan fingerprint density at radius 3 is 2.47 bits per heavy atom. The van der Waals surface area contributed by atoms with Gasteiger partial charge in [-0.2, -0.15) is 0 Å². The van der Waals surface area contributed by atoms with Crippen molar-refractivity contribution in [3.05, 3.63) is 95.3 Å². The third-order valence-electron chi connectivity index (χ3n) is 6.20. The van der Waals surface area contributed by atoms with Crippen LogP contribution < -0.4 is 10.1 Å². The minimum Gasteiger partial charge on any atom is -0.494 e. The van der Waals surface area contributed by atoms with Gasteiger partial charge in [0.25, 0.3) is 0 Å².